The normalized spacial score (nSPS) is 11.9. The summed E-state index contributed by atoms with van der Waals surface area (Å²) in [5.74, 6) is -1.88. The van der Waals surface area contributed by atoms with Crippen molar-refractivity contribution in [2.45, 2.75) is 110 Å². The van der Waals surface area contributed by atoms with Crippen molar-refractivity contribution in [1.29, 1.82) is 0 Å². The predicted octanol–water partition coefficient (Wildman–Crippen LogP) is 6.68. The Balaban J connectivity index is 3.54. The van der Waals surface area contributed by atoms with Crippen molar-refractivity contribution < 1.29 is 19.4 Å². The number of esters is 1. The number of carbonyl (C=O) groups excluding carboxylic acids is 1. The van der Waals surface area contributed by atoms with Gasteiger partial charge in [-0.25, -0.2) is 0 Å². The minimum Gasteiger partial charge on any atom is -0.481 e. The maximum Gasteiger partial charge on any atom is 0.309 e. The molecule has 0 heterocycles. The lowest BCUT2D eigenvalue weighted by Gasteiger charge is -2.13. The first kappa shape index (κ1) is 25.7. The van der Waals surface area contributed by atoms with E-state index in [1.165, 1.54) is 83.1 Å². The van der Waals surface area contributed by atoms with Crippen LogP contribution in [0.4, 0.5) is 0 Å². The Bertz CT molecular complexity index is 379. The molecule has 0 bridgehead atoms. The molecule has 27 heavy (non-hydrogen) atoms. The van der Waals surface area contributed by atoms with Crippen LogP contribution in [0, 0.1) is 5.92 Å². The van der Waals surface area contributed by atoms with Gasteiger partial charge in [-0.2, -0.15) is 0 Å². The molecule has 0 fully saturated rings. The maximum absolute atomic E-state index is 11.9. The predicted molar refractivity (Wildman–Crippen MR) is 112 cm³/mol. The highest BCUT2D eigenvalue weighted by atomic mass is 16.5. The molecule has 0 saturated carbocycles. The summed E-state index contributed by atoms with van der Waals surface area (Å²) in [6, 6.07) is 0. The van der Waals surface area contributed by atoms with E-state index >= 15 is 0 Å². The molecule has 0 spiro atoms. The zero-order chi connectivity index (χ0) is 20.2. The first-order valence-electron chi connectivity index (χ1n) is 11.1. The lowest BCUT2D eigenvalue weighted by molar-refractivity contribution is -0.152. The van der Waals surface area contributed by atoms with Crippen LogP contribution in [0.3, 0.4) is 0 Å². The Morgan fingerprint density at radius 3 is 1.70 bits per heavy atom. The average molecular weight is 383 g/mol. The third kappa shape index (κ3) is 17.8. The number of aliphatic carboxylic acids is 1. The van der Waals surface area contributed by atoms with Gasteiger partial charge in [0.1, 0.15) is 6.61 Å². The molecule has 0 saturated heterocycles. The van der Waals surface area contributed by atoms with Crippen LogP contribution in [0.1, 0.15) is 110 Å². The van der Waals surface area contributed by atoms with Gasteiger partial charge in [-0.15, -0.1) is 0 Å². The number of rotatable bonds is 20. The Hall–Kier alpha value is -1.32. The van der Waals surface area contributed by atoms with Gasteiger partial charge in [0, 0.05) is 0 Å². The van der Waals surface area contributed by atoms with E-state index in [0.717, 1.165) is 12.8 Å². The summed E-state index contributed by atoms with van der Waals surface area (Å²) in [5.41, 5.74) is 0. The van der Waals surface area contributed by atoms with Gasteiger partial charge in [-0.3, -0.25) is 9.59 Å². The quantitative estimate of drug-likeness (QED) is 0.145. The fourth-order valence-corrected chi connectivity index (χ4v) is 3.36. The molecule has 0 aromatic rings. The number of ether oxygens (including phenoxy) is 1. The second kappa shape index (κ2) is 19.4. The monoisotopic (exact) mass is 382 g/mol. The summed E-state index contributed by atoms with van der Waals surface area (Å²) in [6.45, 7) is 5.90. The molecule has 0 aliphatic rings. The SMILES string of the molecule is C=CCOC(=O)C(CCCCCCCCCCCCCCCC)CC(=O)O. The van der Waals surface area contributed by atoms with Crippen molar-refractivity contribution in [2.75, 3.05) is 6.61 Å². The van der Waals surface area contributed by atoms with Crippen molar-refractivity contribution in [3.05, 3.63) is 12.7 Å². The Morgan fingerprint density at radius 2 is 1.30 bits per heavy atom. The van der Waals surface area contributed by atoms with Crippen LogP contribution in [0.15, 0.2) is 12.7 Å². The number of unbranched alkanes of at least 4 members (excludes halogenated alkanes) is 13. The van der Waals surface area contributed by atoms with Crippen LogP contribution in [-0.4, -0.2) is 23.7 Å². The van der Waals surface area contributed by atoms with Crippen LogP contribution >= 0.6 is 0 Å². The zero-order valence-electron chi connectivity index (χ0n) is 17.6. The smallest absolute Gasteiger partial charge is 0.309 e. The highest BCUT2D eigenvalue weighted by Crippen LogP contribution is 2.18. The zero-order valence-corrected chi connectivity index (χ0v) is 17.6. The Morgan fingerprint density at radius 1 is 0.852 bits per heavy atom. The molecular formula is C23H42O4. The van der Waals surface area contributed by atoms with Crippen LogP contribution in [-0.2, 0) is 14.3 Å². The number of carboxylic acids is 1. The molecule has 0 amide bonds. The topological polar surface area (TPSA) is 63.6 Å². The van der Waals surface area contributed by atoms with Crippen LogP contribution in [0.5, 0.6) is 0 Å². The fraction of sp³-hybridized carbons (Fsp3) is 0.826. The minimum atomic E-state index is -0.944. The molecule has 0 aromatic carbocycles. The van der Waals surface area contributed by atoms with E-state index in [4.69, 9.17) is 9.84 Å². The van der Waals surface area contributed by atoms with Crippen molar-refractivity contribution in [3.8, 4) is 0 Å². The fourth-order valence-electron chi connectivity index (χ4n) is 3.36. The summed E-state index contributed by atoms with van der Waals surface area (Å²) in [5, 5.41) is 8.95. The summed E-state index contributed by atoms with van der Waals surface area (Å²) < 4.78 is 5.00. The van der Waals surface area contributed by atoms with Gasteiger partial charge in [0.15, 0.2) is 0 Å². The van der Waals surface area contributed by atoms with Gasteiger partial charge in [0.05, 0.1) is 12.3 Å². The Labute approximate surface area is 166 Å². The lowest BCUT2D eigenvalue weighted by atomic mass is 9.97. The number of carboxylic acid groups (broad SMARTS) is 1. The third-order valence-corrected chi connectivity index (χ3v) is 5.00. The van der Waals surface area contributed by atoms with Gasteiger partial charge in [0.25, 0.3) is 0 Å². The van der Waals surface area contributed by atoms with E-state index < -0.39 is 17.9 Å². The molecule has 4 heteroatoms. The molecule has 1 unspecified atom stereocenters. The van der Waals surface area contributed by atoms with Gasteiger partial charge < -0.3 is 9.84 Å². The van der Waals surface area contributed by atoms with E-state index in [2.05, 4.69) is 13.5 Å². The summed E-state index contributed by atoms with van der Waals surface area (Å²) in [7, 11) is 0. The maximum atomic E-state index is 11.9. The molecule has 0 aliphatic heterocycles. The molecule has 1 atom stereocenters. The van der Waals surface area contributed by atoms with Crippen LogP contribution in [0.25, 0.3) is 0 Å². The van der Waals surface area contributed by atoms with Gasteiger partial charge in [-0.05, 0) is 6.42 Å². The highest BCUT2D eigenvalue weighted by Gasteiger charge is 2.22. The standard InChI is InChI=1S/C23H42O4/c1-3-5-6-7-8-9-10-11-12-13-14-15-16-17-18-21(20-22(24)25)23(26)27-19-4-2/h4,21H,2-3,5-20H2,1H3,(H,24,25). The summed E-state index contributed by atoms with van der Waals surface area (Å²) >= 11 is 0. The average Bonchev–Trinajstić information content (AvgIpc) is 2.65. The molecule has 0 aromatic heterocycles. The van der Waals surface area contributed by atoms with Gasteiger partial charge in [0.2, 0.25) is 0 Å². The van der Waals surface area contributed by atoms with Crippen LogP contribution < -0.4 is 0 Å². The number of carbonyl (C=O) groups is 2. The lowest BCUT2D eigenvalue weighted by Crippen LogP contribution is -2.21. The van der Waals surface area contributed by atoms with Crippen molar-refractivity contribution in [3.63, 3.8) is 0 Å². The van der Waals surface area contributed by atoms with Crippen molar-refractivity contribution in [2.24, 2.45) is 5.92 Å². The summed E-state index contributed by atoms with van der Waals surface area (Å²) in [6.07, 6.45) is 19.9. The van der Waals surface area contributed by atoms with Gasteiger partial charge >= 0.3 is 11.9 Å². The minimum absolute atomic E-state index is 0.144. The van der Waals surface area contributed by atoms with E-state index in [9.17, 15) is 9.59 Å². The number of hydrogen-bond acceptors (Lipinski definition) is 3. The molecule has 0 radical (unpaired) electrons. The molecule has 0 rings (SSSR count). The van der Waals surface area contributed by atoms with Crippen molar-refractivity contribution in [1.82, 2.24) is 0 Å². The molecule has 1 N–H and O–H groups in total. The highest BCUT2D eigenvalue weighted by molar-refractivity contribution is 5.79. The van der Waals surface area contributed by atoms with E-state index in [0.29, 0.717) is 6.42 Å². The third-order valence-electron chi connectivity index (χ3n) is 5.00. The largest absolute Gasteiger partial charge is 0.481 e. The van der Waals surface area contributed by atoms with E-state index in [-0.39, 0.29) is 13.0 Å². The van der Waals surface area contributed by atoms with Crippen molar-refractivity contribution >= 4 is 11.9 Å². The van der Waals surface area contributed by atoms with Crippen LogP contribution in [0.2, 0.25) is 0 Å². The first-order chi connectivity index (χ1) is 13.1. The molecule has 4 nitrogen and oxygen atoms in total. The molecular weight excluding hydrogens is 340 g/mol. The number of hydrogen-bond donors (Lipinski definition) is 1. The summed E-state index contributed by atoms with van der Waals surface area (Å²) in [4.78, 5) is 22.8. The first-order valence-corrected chi connectivity index (χ1v) is 11.1. The van der Waals surface area contributed by atoms with E-state index in [1.54, 1.807) is 0 Å². The van der Waals surface area contributed by atoms with Gasteiger partial charge in [-0.1, -0.05) is 109 Å². The molecule has 158 valence electrons. The molecule has 0 aliphatic carbocycles. The second-order valence-corrected chi connectivity index (χ2v) is 7.60. The Kier molecular flexibility index (Phi) is 18.5. The van der Waals surface area contributed by atoms with E-state index in [1.807, 2.05) is 0 Å². The second-order valence-electron chi connectivity index (χ2n) is 7.60.